The van der Waals surface area contributed by atoms with E-state index in [-0.39, 0.29) is 0 Å². The molecule has 1 N–H and O–H groups in total. The van der Waals surface area contributed by atoms with Crippen molar-refractivity contribution < 1.29 is 28.8 Å². The number of rotatable bonds is 10. The Labute approximate surface area is 196 Å². The predicted molar refractivity (Wildman–Crippen MR) is 127 cm³/mol. The number of carboxylic acids is 1. The zero-order chi connectivity index (χ0) is 22.6. The van der Waals surface area contributed by atoms with Crippen molar-refractivity contribution >= 4 is 28.6 Å². The smallest absolute Gasteiger partial charge is 0.333 e. The second-order valence-corrected chi connectivity index (χ2v) is 7.50. The third-order valence-electron chi connectivity index (χ3n) is 4.16. The van der Waals surface area contributed by atoms with Crippen molar-refractivity contribution in [1.82, 2.24) is 0 Å². The molecule has 0 spiro atoms. The Morgan fingerprint density at radius 1 is 1.16 bits per heavy atom. The van der Waals surface area contributed by atoms with E-state index in [9.17, 15) is 9.90 Å². The van der Waals surface area contributed by atoms with E-state index in [1.807, 2.05) is 36.4 Å². The van der Waals surface area contributed by atoms with Crippen LogP contribution in [0.4, 0.5) is 0 Å². The second-order valence-electron chi connectivity index (χ2n) is 6.34. The number of carbonyl (C=O) groups is 1. The van der Waals surface area contributed by atoms with E-state index in [2.05, 4.69) is 34.4 Å². The van der Waals surface area contributed by atoms with Gasteiger partial charge in [0.25, 0.3) is 0 Å². The monoisotopic (exact) mass is 536 g/mol. The van der Waals surface area contributed by atoms with Crippen LogP contribution in [0.3, 0.4) is 0 Å². The first kappa shape index (κ1) is 24.6. The van der Waals surface area contributed by atoms with Crippen LogP contribution in [-0.2, 0) is 16.0 Å². The molecule has 0 aliphatic carbocycles. The fourth-order valence-corrected chi connectivity index (χ4v) is 3.41. The summed E-state index contributed by atoms with van der Waals surface area (Å²) in [5.41, 5.74) is 1.67. The van der Waals surface area contributed by atoms with Gasteiger partial charge in [-0.25, -0.2) is 4.79 Å². The van der Waals surface area contributed by atoms with Gasteiger partial charge in [0.05, 0.1) is 17.8 Å². The summed E-state index contributed by atoms with van der Waals surface area (Å²) in [6, 6.07) is 11.1. The topological polar surface area (TPSA) is 74.2 Å². The Bertz CT molecular complexity index is 952. The van der Waals surface area contributed by atoms with Crippen LogP contribution < -0.4 is 14.2 Å². The lowest BCUT2D eigenvalue weighted by Crippen LogP contribution is -2.26. The van der Waals surface area contributed by atoms with Crippen molar-refractivity contribution in [3.63, 3.8) is 0 Å². The van der Waals surface area contributed by atoms with Gasteiger partial charge in [0, 0.05) is 24.7 Å². The highest BCUT2D eigenvalue weighted by molar-refractivity contribution is 14.1. The molecule has 0 aromatic heterocycles. The molecule has 0 unspecified atom stereocenters. The first-order valence-corrected chi connectivity index (χ1v) is 10.7. The lowest BCUT2D eigenvalue weighted by molar-refractivity contribution is -0.149. The Morgan fingerprint density at radius 2 is 1.87 bits per heavy atom. The summed E-state index contributed by atoms with van der Waals surface area (Å²) in [7, 11) is 3.20. The van der Waals surface area contributed by atoms with Crippen LogP contribution in [0, 0.1) is 15.4 Å². The Morgan fingerprint density at radius 3 is 2.45 bits per heavy atom. The molecular formula is C24H25IO6. The number of allylic oxidation sites excluding steroid dienone is 1. The molecule has 0 radical (unpaired) electrons. The average molecular weight is 536 g/mol. The highest BCUT2D eigenvalue weighted by atomic mass is 127. The van der Waals surface area contributed by atoms with Crippen molar-refractivity contribution in [2.75, 3.05) is 27.4 Å². The maximum absolute atomic E-state index is 11.2. The molecule has 31 heavy (non-hydrogen) atoms. The fourth-order valence-electron chi connectivity index (χ4n) is 2.67. The molecule has 2 aromatic rings. The van der Waals surface area contributed by atoms with Gasteiger partial charge >= 0.3 is 5.97 Å². The summed E-state index contributed by atoms with van der Waals surface area (Å²) in [4.78, 5) is 11.2. The summed E-state index contributed by atoms with van der Waals surface area (Å²) in [6.07, 6.45) is 3.01. The predicted octanol–water partition coefficient (Wildman–Crippen LogP) is 4.33. The Hall–Kier alpha value is -2.70. The number of hydrogen-bond donors (Lipinski definition) is 1. The summed E-state index contributed by atoms with van der Waals surface area (Å²) in [5.74, 6) is 7.13. The van der Waals surface area contributed by atoms with Crippen molar-refractivity contribution in [3.8, 4) is 29.1 Å². The van der Waals surface area contributed by atoms with Gasteiger partial charge in [-0.2, -0.15) is 0 Å². The van der Waals surface area contributed by atoms with Crippen LogP contribution in [0.25, 0.3) is 0 Å². The number of aliphatic carboxylic acids is 1. The van der Waals surface area contributed by atoms with Crippen LogP contribution in [0.15, 0.2) is 48.6 Å². The van der Waals surface area contributed by atoms with Gasteiger partial charge in [-0.3, -0.25) is 0 Å². The zero-order valence-corrected chi connectivity index (χ0v) is 19.8. The molecular weight excluding hydrogens is 511 g/mol. The SMILES string of the molecule is CCO[C@@H](Cc1ccc(OC/C=C\C#Cc2cc(OC)cc(OC)c2)c(I)c1)C(=O)O. The molecule has 0 saturated carbocycles. The van der Waals surface area contributed by atoms with E-state index in [1.165, 1.54) is 0 Å². The van der Waals surface area contributed by atoms with E-state index in [0.717, 1.165) is 20.4 Å². The molecule has 0 fully saturated rings. The molecule has 0 aliphatic heterocycles. The molecule has 0 amide bonds. The fraction of sp³-hybridized carbons (Fsp3) is 0.292. The van der Waals surface area contributed by atoms with Gasteiger partial charge < -0.3 is 24.1 Å². The van der Waals surface area contributed by atoms with Crippen LogP contribution in [0.2, 0.25) is 0 Å². The minimum absolute atomic E-state index is 0.310. The summed E-state index contributed by atoms with van der Waals surface area (Å²) < 4.78 is 22.4. The highest BCUT2D eigenvalue weighted by Crippen LogP contribution is 2.23. The zero-order valence-electron chi connectivity index (χ0n) is 17.7. The molecule has 0 aliphatic rings. The standard InChI is InChI=1S/C24H25IO6/c1-4-30-23(24(26)27)15-18-9-10-22(21(25)14-18)31-11-7-5-6-8-17-12-19(28-2)16-20(13-17)29-3/h5,7,9-10,12-14,16,23H,4,11,15H2,1-3H3,(H,26,27)/b7-5-/t23-/m0/s1. The van der Waals surface area contributed by atoms with E-state index >= 15 is 0 Å². The van der Waals surface area contributed by atoms with Crippen molar-refractivity contribution in [2.45, 2.75) is 19.4 Å². The number of halogens is 1. The van der Waals surface area contributed by atoms with Gasteiger partial charge in [-0.15, -0.1) is 0 Å². The molecule has 0 bridgehead atoms. The second kappa shape index (κ2) is 12.9. The van der Waals surface area contributed by atoms with Gasteiger partial charge in [0.1, 0.15) is 23.9 Å². The quantitative estimate of drug-likeness (QED) is 0.360. The summed E-state index contributed by atoms with van der Waals surface area (Å²) in [6.45, 7) is 2.50. The van der Waals surface area contributed by atoms with Crippen molar-refractivity contribution in [2.24, 2.45) is 0 Å². The van der Waals surface area contributed by atoms with E-state index < -0.39 is 12.1 Å². The Balaban J connectivity index is 1.92. The number of ether oxygens (including phenoxy) is 4. The minimum Gasteiger partial charge on any atom is -0.497 e. The maximum atomic E-state index is 11.2. The van der Waals surface area contributed by atoms with Crippen LogP contribution in [0.1, 0.15) is 18.1 Å². The molecule has 0 heterocycles. The van der Waals surface area contributed by atoms with Gasteiger partial charge in [-0.1, -0.05) is 17.9 Å². The Kier molecular flexibility index (Phi) is 10.2. The van der Waals surface area contributed by atoms with E-state index in [0.29, 0.717) is 31.1 Å². The number of carboxylic acid groups (broad SMARTS) is 1. The molecule has 164 valence electrons. The summed E-state index contributed by atoms with van der Waals surface area (Å²) in [5, 5.41) is 9.22. The first-order chi connectivity index (χ1) is 15.0. The van der Waals surface area contributed by atoms with Crippen LogP contribution in [0.5, 0.6) is 17.2 Å². The van der Waals surface area contributed by atoms with Crippen LogP contribution in [-0.4, -0.2) is 44.6 Å². The molecule has 7 heteroatoms. The van der Waals surface area contributed by atoms with Crippen molar-refractivity contribution in [1.29, 1.82) is 0 Å². The van der Waals surface area contributed by atoms with Gasteiger partial charge in [-0.05, 0) is 71.5 Å². The normalized spacial score (nSPS) is 11.5. The van der Waals surface area contributed by atoms with Gasteiger partial charge in [0.15, 0.2) is 6.10 Å². The van der Waals surface area contributed by atoms with Crippen LogP contribution >= 0.6 is 22.6 Å². The highest BCUT2D eigenvalue weighted by Gasteiger charge is 2.18. The molecule has 2 aromatic carbocycles. The number of methoxy groups -OCH3 is 2. The largest absolute Gasteiger partial charge is 0.497 e. The lowest BCUT2D eigenvalue weighted by atomic mass is 10.1. The maximum Gasteiger partial charge on any atom is 0.333 e. The minimum atomic E-state index is -0.962. The first-order valence-electron chi connectivity index (χ1n) is 9.62. The molecule has 1 atom stereocenters. The number of hydrogen-bond acceptors (Lipinski definition) is 5. The summed E-state index contributed by atoms with van der Waals surface area (Å²) >= 11 is 2.17. The average Bonchev–Trinajstić information content (AvgIpc) is 2.76. The third kappa shape index (κ3) is 8.15. The third-order valence-corrected chi connectivity index (χ3v) is 5.01. The molecule has 6 nitrogen and oxygen atoms in total. The molecule has 0 saturated heterocycles. The lowest BCUT2D eigenvalue weighted by Gasteiger charge is -2.13. The van der Waals surface area contributed by atoms with Gasteiger partial charge in [0.2, 0.25) is 0 Å². The number of benzene rings is 2. The van der Waals surface area contributed by atoms with E-state index in [1.54, 1.807) is 33.3 Å². The molecule has 2 rings (SSSR count). The van der Waals surface area contributed by atoms with E-state index in [4.69, 9.17) is 18.9 Å². The van der Waals surface area contributed by atoms with Crippen molar-refractivity contribution in [3.05, 3.63) is 63.2 Å².